The molecule has 0 unspecified atom stereocenters. The van der Waals surface area contributed by atoms with Crippen LogP contribution in [0.4, 0.5) is 0 Å². The van der Waals surface area contributed by atoms with Gasteiger partial charge in [-0.2, -0.15) is 0 Å². The predicted molar refractivity (Wildman–Crippen MR) is 67.5 cm³/mol. The van der Waals surface area contributed by atoms with Gasteiger partial charge in [0.15, 0.2) is 0 Å². The molecule has 0 aromatic heterocycles. The van der Waals surface area contributed by atoms with Crippen molar-refractivity contribution in [1.82, 2.24) is 5.32 Å². The summed E-state index contributed by atoms with van der Waals surface area (Å²) in [5.74, 6) is 0. The topological polar surface area (TPSA) is 122 Å². The lowest BCUT2D eigenvalue weighted by Gasteiger charge is -1.95. The Bertz CT molecular complexity index is 130. The van der Waals surface area contributed by atoms with Crippen molar-refractivity contribution in [2.24, 2.45) is 11.5 Å². The molecule has 6 nitrogen and oxygen atoms in total. The van der Waals surface area contributed by atoms with E-state index in [2.05, 4.69) is 5.32 Å². The van der Waals surface area contributed by atoms with E-state index in [1.165, 1.54) is 32.1 Å². The fourth-order valence-electron chi connectivity index (χ4n) is 1.21. The Hall–Kier alpha value is 0.0300. The summed E-state index contributed by atoms with van der Waals surface area (Å²) in [6, 6.07) is 0. The molecule has 0 aliphatic heterocycles. The molecule has 0 saturated heterocycles. The predicted octanol–water partition coefficient (Wildman–Crippen LogP) is -0.195. The van der Waals surface area contributed by atoms with Crippen LogP contribution < -0.4 is 16.8 Å². The minimum absolute atomic E-state index is 0.694. The summed E-state index contributed by atoms with van der Waals surface area (Å²) in [7, 11) is -3.13. The number of hydrogen-bond donors (Lipinski definition) is 5. The Labute approximate surface area is 98.4 Å². The maximum Gasteiger partial charge on any atom is 0.314 e. The van der Waals surface area contributed by atoms with Gasteiger partial charge < -0.3 is 26.6 Å². The van der Waals surface area contributed by atoms with Gasteiger partial charge in [-0.25, -0.2) is 0 Å². The minimum atomic E-state index is -3.13. The average Bonchev–Trinajstić information content (AvgIpc) is 2.75. The van der Waals surface area contributed by atoms with Gasteiger partial charge in [0.1, 0.15) is 0 Å². The highest BCUT2D eigenvalue weighted by atomic mass is 31.1. The molecule has 0 spiro atoms. The van der Waals surface area contributed by atoms with Crippen molar-refractivity contribution in [3.8, 4) is 0 Å². The van der Waals surface area contributed by atoms with Crippen LogP contribution in [0.1, 0.15) is 32.1 Å². The summed E-state index contributed by atoms with van der Waals surface area (Å²) in [5, 5.41) is 3.03. The van der Waals surface area contributed by atoms with Crippen molar-refractivity contribution in [1.29, 1.82) is 0 Å². The summed E-state index contributed by atoms with van der Waals surface area (Å²) in [4.78, 5) is 14.3. The number of nitrogens with two attached hydrogens (primary N) is 2. The maximum atomic E-state index is 8.74. The molecule has 0 bridgehead atoms. The smallest absolute Gasteiger partial charge is 0.314 e. The summed E-state index contributed by atoms with van der Waals surface area (Å²) in [6.07, 6.45) is 7.50. The Morgan fingerprint density at radius 2 is 1.19 bits per heavy atom. The molecule has 0 aromatic carbocycles. The molecular formula is C9H26N3O3P. The molecule has 16 heavy (non-hydrogen) atoms. The van der Waals surface area contributed by atoms with E-state index in [0.29, 0.717) is 13.1 Å². The first-order valence-electron chi connectivity index (χ1n) is 5.67. The average molecular weight is 255 g/mol. The van der Waals surface area contributed by atoms with E-state index in [1.807, 2.05) is 0 Å². The second kappa shape index (κ2) is 17.4. The van der Waals surface area contributed by atoms with Gasteiger partial charge in [-0.3, -0.25) is 4.57 Å². The van der Waals surface area contributed by atoms with Gasteiger partial charge in [0.05, 0.1) is 0 Å². The van der Waals surface area contributed by atoms with E-state index < -0.39 is 8.25 Å². The minimum Gasteiger partial charge on any atom is -0.329 e. The first-order chi connectivity index (χ1) is 7.65. The molecule has 0 radical (unpaired) electrons. The van der Waals surface area contributed by atoms with Crippen LogP contribution in [0, 0.1) is 0 Å². The molecule has 100 valence electrons. The third kappa shape index (κ3) is 29.2. The SMILES string of the molecule is C1CCCC1.NCCNCCN.O=[PH](O)O. The van der Waals surface area contributed by atoms with Crippen molar-refractivity contribution in [3.63, 3.8) is 0 Å². The molecule has 1 fully saturated rings. The third-order valence-electron chi connectivity index (χ3n) is 1.89. The lowest BCUT2D eigenvalue weighted by atomic mass is 10.4. The van der Waals surface area contributed by atoms with Crippen molar-refractivity contribution in [2.75, 3.05) is 26.2 Å². The standard InChI is InChI=1S/C5H10.C4H13N3.H3O3P/c1-2-4-5-3-1;5-1-3-7-4-2-6;1-4(2)3/h1-5H2;7H,1-6H2;4H,(H2,1,2,3). The third-order valence-corrected chi connectivity index (χ3v) is 1.89. The Morgan fingerprint density at radius 3 is 1.38 bits per heavy atom. The molecule has 1 saturated carbocycles. The Balaban J connectivity index is 0. The van der Waals surface area contributed by atoms with Crippen LogP contribution in [-0.4, -0.2) is 36.0 Å². The summed E-state index contributed by atoms with van der Waals surface area (Å²) in [6.45, 7) is 3.13. The summed E-state index contributed by atoms with van der Waals surface area (Å²) in [5.41, 5.74) is 10.3. The van der Waals surface area contributed by atoms with Gasteiger partial charge in [-0.05, 0) is 0 Å². The number of hydrogen-bond acceptors (Lipinski definition) is 4. The number of nitrogens with one attached hydrogen (secondary N) is 1. The first-order valence-corrected chi connectivity index (χ1v) is 6.98. The van der Waals surface area contributed by atoms with Crippen molar-refractivity contribution in [2.45, 2.75) is 32.1 Å². The normalized spacial score (nSPS) is 13.8. The molecule has 0 amide bonds. The van der Waals surface area contributed by atoms with E-state index in [1.54, 1.807) is 0 Å². The van der Waals surface area contributed by atoms with Gasteiger partial charge in [0.2, 0.25) is 0 Å². The fraction of sp³-hybridized carbons (Fsp3) is 1.00. The van der Waals surface area contributed by atoms with Crippen LogP contribution in [0.5, 0.6) is 0 Å². The second-order valence-electron chi connectivity index (χ2n) is 3.38. The molecule has 1 rings (SSSR count). The van der Waals surface area contributed by atoms with Crippen molar-refractivity contribution in [3.05, 3.63) is 0 Å². The van der Waals surface area contributed by atoms with Gasteiger partial charge in [0, 0.05) is 26.2 Å². The van der Waals surface area contributed by atoms with Gasteiger partial charge in [-0.15, -0.1) is 0 Å². The van der Waals surface area contributed by atoms with E-state index in [-0.39, 0.29) is 0 Å². The molecule has 1 aliphatic rings. The molecule has 0 atom stereocenters. The quantitative estimate of drug-likeness (QED) is 0.350. The summed E-state index contributed by atoms with van der Waals surface area (Å²) >= 11 is 0. The molecule has 0 aromatic rings. The van der Waals surface area contributed by atoms with E-state index in [0.717, 1.165) is 13.1 Å². The Morgan fingerprint density at radius 1 is 0.938 bits per heavy atom. The van der Waals surface area contributed by atoms with Gasteiger partial charge >= 0.3 is 8.25 Å². The zero-order valence-electron chi connectivity index (χ0n) is 9.82. The monoisotopic (exact) mass is 255 g/mol. The van der Waals surface area contributed by atoms with Gasteiger partial charge in [-0.1, -0.05) is 32.1 Å². The molecule has 1 aliphatic carbocycles. The largest absolute Gasteiger partial charge is 0.329 e. The van der Waals surface area contributed by atoms with Crippen LogP contribution >= 0.6 is 8.25 Å². The van der Waals surface area contributed by atoms with Crippen LogP contribution in [0.15, 0.2) is 0 Å². The lowest BCUT2D eigenvalue weighted by Crippen LogP contribution is -2.27. The first kappa shape index (κ1) is 18.4. The van der Waals surface area contributed by atoms with Crippen molar-refractivity contribution < 1.29 is 14.4 Å². The second-order valence-corrected chi connectivity index (χ2v) is 3.94. The lowest BCUT2D eigenvalue weighted by molar-refractivity contribution is 0.405. The zero-order chi connectivity index (χ0) is 12.6. The molecular weight excluding hydrogens is 229 g/mol. The molecule has 0 heterocycles. The van der Waals surface area contributed by atoms with Crippen molar-refractivity contribution >= 4 is 8.25 Å². The highest BCUT2D eigenvalue weighted by Gasteiger charge is 1.95. The van der Waals surface area contributed by atoms with Crippen LogP contribution in [0.2, 0.25) is 0 Å². The van der Waals surface area contributed by atoms with Crippen LogP contribution in [0.3, 0.4) is 0 Å². The fourth-order valence-corrected chi connectivity index (χ4v) is 1.21. The number of rotatable bonds is 4. The van der Waals surface area contributed by atoms with Gasteiger partial charge in [0.25, 0.3) is 0 Å². The molecule has 7 N–H and O–H groups in total. The van der Waals surface area contributed by atoms with E-state index >= 15 is 0 Å². The van der Waals surface area contributed by atoms with Crippen LogP contribution in [0.25, 0.3) is 0 Å². The highest BCUT2D eigenvalue weighted by molar-refractivity contribution is 7.30. The van der Waals surface area contributed by atoms with E-state index in [4.69, 9.17) is 25.8 Å². The van der Waals surface area contributed by atoms with Crippen LogP contribution in [-0.2, 0) is 4.57 Å². The zero-order valence-corrected chi connectivity index (χ0v) is 10.8. The maximum absolute atomic E-state index is 8.74. The molecule has 7 heteroatoms. The summed E-state index contributed by atoms with van der Waals surface area (Å²) < 4.78 is 8.74. The highest BCUT2D eigenvalue weighted by Crippen LogP contribution is 2.15. The Kier molecular flexibility index (Phi) is 20.0. The van der Waals surface area contributed by atoms with E-state index in [9.17, 15) is 0 Å².